The van der Waals surface area contributed by atoms with Crippen molar-refractivity contribution in [1.82, 2.24) is 5.32 Å². The van der Waals surface area contributed by atoms with Crippen LogP contribution >= 0.6 is 0 Å². The number of nitrogens with zero attached hydrogens (tertiary/aromatic N) is 1. The highest BCUT2D eigenvalue weighted by Gasteiger charge is 2.10. The molecule has 0 spiro atoms. The number of guanidine groups is 1. The Morgan fingerprint density at radius 1 is 1.11 bits per heavy atom. The predicted octanol–water partition coefficient (Wildman–Crippen LogP) is 3.70. The van der Waals surface area contributed by atoms with Crippen LogP contribution in [0, 0.1) is 0 Å². The van der Waals surface area contributed by atoms with Gasteiger partial charge >= 0.3 is 0 Å². The maximum atomic E-state index is 12.3. The molecule has 0 aromatic carbocycles. The van der Waals surface area contributed by atoms with Gasteiger partial charge < -0.3 is 16.8 Å². The number of hydrogen-bond donors (Lipinski definition) is 3. The van der Waals surface area contributed by atoms with Gasteiger partial charge in [-0.3, -0.25) is 4.79 Å². The van der Waals surface area contributed by atoms with Gasteiger partial charge in [0.25, 0.3) is 0 Å². The monoisotopic (exact) mass is 370 g/mol. The smallest absolute Gasteiger partial charge is 0.247 e. The summed E-state index contributed by atoms with van der Waals surface area (Å²) in [6, 6.07) is -0.120. The number of amides is 1. The molecule has 0 unspecified atom stereocenters. The molecule has 0 rings (SSSR count). The standard InChI is InChI=1S/C20H30N4O.C2H4/c1-6-9-17(14-23-20(21)22)13-12-15(4)19(25)24-16(5)18(10-7-2)11-8-3;1-2/h6-13,16H,2,14H2,1,3-5H3,(H,24,25)(H4,21,22,23);1-2H2/b9-6-,11-8-,15-12+,17-13-,18-10+;/t16-;/m1./s1. The van der Waals surface area contributed by atoms with Gasteiger partial charge in [0.05, 0.1) is 12.6 Å². The summed E-state index contributed by atoms with van der Waals surface area (Å²) in [5.41, 5.74) is 13.2. The zero-order valence-corrected chi connectivity index (χ0v) is 17.0. The van der Waals surface area contributed by atoms with Gasteiger partial charge in [-0.2, -0.15) is 0 Å². The average Bonchev–Trinajstić information content (AvgIpc) is 2.64. The molecule has 5 nitrogen and oxygen atoms in total. The number of rotatable bonds is 9. The Kier molecular flexibility index (Phi) is 15.9. The minimum atomic E-state index is -0.134. The minimum absolute atomic E-state index is 0.0354. The van der Waals surface area contributed by atoms with Crippen LogP contribution in [0.5, 0.6) is 0 Å². The van der Waals surface area contributed by atoms with E-state index in [9.17, 15) is 4.79 Å². The molecule has 148 valence electrons. The molecule has 0 fully saturated rings. The summed E-state index contributed by atoms with van der Waals surface area (Å²) < 4.78 is 0. The zero-order chi connectivity index (χ0) is 21.2. The van der Waals surface area contributed by atoms with Crippen LogP contribution in [-0.2, 0) is 4.79 Å². The first kappa shape index (κ1) is 26.2. The fourth-order valence-corrected chi connectivity index (χ4v) is 1.93. The predicted molar refractivity (Wildman–Crippen MR) is 119 cm³/mol. The molecule has 5 N–H and O–H groups in total. The number of carbonyl (C=O) groups excluding carboxylic acids is 1. The second-order valence-corrected chi connectivity index (χ2v) is 5.43. The largest absolute Gasteiger partial charge is 0.370 e. The molecule has 0 aromatic heterocycles. The van der Waals surface area contributed by atoms with E-state index in [1.807, 2.05) is 57.2 Å². The summed E-state index contributed by atoms with van der Waals surface area (Å²) in [5, 5.41) is 2.97. The highest BCUT2D eigenvalue weighted by Crippen LogP contribution is 2.07. The third-order valence-electron chi connectivity index (χ3n) is 3.25. The van der Waals surface area contributed by atoms with Crippen molar-refractivity contribution in [3.8, 4) is 0 Å². The molecule has 0 radical (unpaired) electrons. The van der Waals surface area contributed by atoms with E-state index in [4.69, 9.17) is 11.5 Å². The van der Waals surface area contributed by atoms with Crippen molar-refractivity contribution in [2.45, 2.75) is 33.7 Å². The SMILES string of the molecule is C=C.C=C/C=C(\C=C/C)[C@@H](C)NC(=O)/C(C)=C/C=C(/C=C\C)CN=C(N)N. The lowest BCUT2D eigenvalue weighted by Crippen LogP contribution is -2.34. The molecule has 5 heteroatoms. The molecular weight excluding hydrogens is 336 g/mol. The first-order valence-electron chi connectivity index (χ1n) is 8.67. The van der Waals surface area contributed by atoms with Gasteiger partial charge in [-0.25, -0.2) is 4.99 Å². The van der Waals surface area contributed by atoms with Crippen LogP contribution in [0.15, 0.2) is 90.1 Å². The maximum Gasteiger partial charge on any atom is 0.247 e. The van der Waals surface area contributed by atoms with Gasteiger partial charge in [0, 0.05) is 5.57 Å². The molecule has 0 bridgehead atoms. The first-order chi connectivity index (χ1) is 12.8. The molecular formula is C22H34N4O. The van der Waals surface area contributed by atoms with Crippen molar-refractivity contribution in [1.29, 1.82) is 0 Å². The van der Waals surface area contributed by atoms with Crippen LogP contribution in [-0.4, -0.2) is 24.5 Å². The number of carbonyl (C=O) groups is 1. The highest BCUT2D eigenvalue weighted by atomic mass is 16.1. The molecule has 1 atom stereocenters. The number of hydrogen-bond acceptors (Lipinski definition) is 2. The molecule has 0 saturated carbocycles. The Morgan fingerprint density at radius 3 is 2.19 bits per heavy atom. The van der Waals surface area contributed by atoms with Gasteiger partial charge in [0.1, 0.15) is 0 Å². The van der Waals surface area contributed by atoms with Crippen molar-refractivity contribution in [3.63, 3.8) is 0 Å². The van der Waals surface area contributed by atoms with Crippen molar-refractivity contribution in [3.05, 3.63) is 85.1 Å². The summed E-state index contributed by atoms with van der Waals surface area (Å²) in [6.45, 7) is 17.6. The van der Waals surface area contributed by atoms with Crippen LogP contribution in [0.1, 0.15) is 27.7 Å². The summed E-state index contributed by atoms with van der Waals surface area (Å²) >= 11 is 0. The highest BCUT2D eigenvalue weighted by molar-refractivity contribution is 5.93. The van der Waals surface area contributed by atoms with Crippen LogP contribution in [0.4, 0.5) is 0 Å². The topological polar surface area (TPSA) is 93.5 Å². The molecule has 0 aliphatic heterocycles. The normalized spacial score (nSPS) is 13.7. The third kappa shape index (κ3) is 12.9. The van der Waals surface area contributed by atoms with Gasteiger partial charge in [0.15, 0.2) is 5.96 Å². The van der Waals surface area contributed by atoms with Gasteiger partial charge in [-0.05, 0) is 38.8 Å². The lowest BCUT2D eigenvalue weighted by Gasteiger charge is -2.15. The number of nitrogens with one attached hydrogen (secondary N) is 1. The van der Waals surface area contributed by atoms with E-state index in [1.165, 1.54) is 0 Å². The van der Waals surface area contributed by atoms with Crippen molar-refractivity contribution in [2.24, 2.45) is 16.5 Å². The number of allylic oxidation sites excluding steroid dienone is 6. The summed E-state index contributed by atoms with van der Waals surface area (Å²) in [7, 11) is 0. The Bertz CT molecular complexity index is 645. The van der Waals surface area contributed by atoms with Crippen LogP contribution in [0.25, 0.3) is 0 Å². The fraction of sp³-hybridized carbons (Fsp3) is 0.273. The zero-order valence-electron chi connectivity index (χ0n) is 17.0. The molecule has 0 heterocycles. The van der Waals surface area contributed by atoms with Crippen molar-refractivity contribution < 1.29 is 4.79 Å². The Hall–Kier alpha value is -3.08. The van der Waals surface area contributed by atoms with E-state index < -0.39 is 0 Å². The second kappa shape index (κ2) is 16.4. The van der Waals surface area contributed by atoms with Crippen molar-refractivity contribution in [2.75, 3.05) is 6.54 Å². The van der Waals surface area contributed by atoms with E-state index in [1.54, 1.807) is 19.1 Å². The first-order valence-corrected chi connectivity index (χ1v) is 8.67. The van der Waals surface area contributed by atoms with E-state index >= 15 is 0 Å². The van der Waals surface area contributed by atoms with E-state index in [2.05, 4.69) is 30.0 Å². The second-order valence-electron chi connectivity index (χ2n) is 5.43. The average molecular weight is 371 g/mol. The summed E-state index contributed by atoms with van der Waals surface area (Å²) in [4.78, 5) is 16.3. The molecule has 0 aliphatic rings. The molecule has 0 aromatic rings. The quantitative estimate of drug-likeness (QED) is 0.190. The van der Waals surface area contributed by atoms with Gasteiger partial charge in [0.2, 0.25) is 5.91 Å². The van der Waals surface area contributed by atoms with E-state index in [0.29, 0.717) is 12.1 Å². The van der Waals surface area contributed by atoms with Gasteiger partial charge in [-0.15, -0.1) is 13.2 Å². The third-order valence-corrected chi connectivity index (χ3v) is 3.25. The molecule has 0 saturated heterocycles. The summed E-state index contributed by atoms with van der Waals surface area (Å²) in [6.07, 6.45) is 14.8. The Morgan fingerprint density at radius 2 is 1.70 bits per heavy atom. The molecule has 0 aliphatic carbocycles. The fourth-order valence-electron chi connectivity index (χ4n) is 1.93. The number of aliphatic imine (C=N–C) groups is 1. The molecule has 27 heavy (non-hydrogen) atoms. The lowest BCUT2D eigenvalue weighted by molar-refractivity contribution is -0.117. The van der Waals surface area contributed by atoms with Crippen LogP contribution < -0.4 is 16.8 Å². The van der Waals surface area contributed by atoms with E-state index in [0.717, 1.165) is 11.1 Å². The maximum absolute atomic E-state index is 12.3. The van der Waals surface area contributed by atoms with E-state index in [-0.39, 0.29) is 17.9 Å². The Labute approximate surface area is 164 Å². The van der Waals surface area contributed by atoms with Crippen LogP contribution in [0.3, 0.4) is 0 Å². The van der Waals surface area contributed by atoms with Gasteiger partial charge in [-0.1, -0.05) is 55.2 Å². The molecule has 1 amide bonds. The lowest BCUT2D eigenvalue weighted by atomic mass is 10.1. The number of nitrogens with two attached hydrogens (primary N) is 2. The summed E-state index contributed by atoms with van der Waals surface area (Å²) in [5.74, 6) is -0.0990. The van der Waals surface area contributed by atoms with Crippen molar-refractivity contribution >= 4 is 11.9 Å². The minimum Gasteiger partial charge on any atom is -0.370 e. The van der Waals surface area contributed by atoms with Crippen LogP contribution in [0.2, 0.25) is 0 Å². The Balaban J connectivity index is 0.